The van der Waals surface area contributed by atoms with Crippen LogP contribution in [0, 0.1) is 17.2 Å². The van der Waals surface area contributed by atoms with Crippen LogP contribution in [-0.4, -0.2) is 19.2 Å². The lowest BCUT2D eigenvalue weighted by molar-refractivity contribution is -0.147. The van der Waals surface area contributed by atoms with Gasteiger partial charge in [0.15, 0.2) is 0 Å². The van der Waals surface area contributed by atoms with Crippen LogP contribution in [0.25, 0.3) is 0 Å². The molecule has 0 atom stereocenters. The summed E-state index contributed by atoms with van der Waals surface area (Å²) in [5, 5.41) is 8.85. The lowest BCUT2D eigenvalue weighted by Crippen LogP contribution is -2.26. The van der Waals surface area contributed by atoms with Gasteiger partial charge in [0.05, 0.1) is 37.4 Å². The van der Waals surface area contributed by atoms with E-state index in [1.54, 1.807) is 6.07 Å². The molecule has 4 nitrogen and oxygen atoms in total. The second-order valence-electron chi connectivity index (χ2n) is 5.12. The van der Waals surface area contributed by atoms with Gasteiger partial charge >= 0.3 is 5.97 Å². The summed E-state index contributed by atoms with van der Waals surface area (Å²) in [5.74, 6) is -0.0769. The monoisotopic (exact) mass is 273 g/mol. The van der Waals surface area contributed by atoms with Crippen molar-refractivity contribution < 1.29 is 14.3 Å². The molecule has 0 amide bonds. The minimum atomic E-state index is -0.106. The van der Waals surface area contributed by atoms with Crippen molar-refractivity contribution in [2.75, 3.05) is 7.11 Å². The Kier molecular flexibility index (Phi) is 5.14. The fourth-order valence-corrected chi connectivity index (χ4v) is 2.58. The van der Waals surface area contributed by atoms with E-state index in [1.165, 1.54) is 7.11 Å². The summed E-state index contributed by atoms with van der Waals surface area (Å²) >= 11 is 0. The summed E-state index contributed by atoms with van der Waals surface area (Å²) in [6, 6.07) is 9.58. The van der Waals surface area contributed by atoms with E-state index in [0.717, 1.165) is 31.2 Å². The molecule has 1 aromatic carbocycles. The maximum Gasteiger partial charge on any atom is 0.308 e. The molecule has 2 rings (SSSR count). The molecule has 0 aliphatic heterocycles. The van der Waals surface area contributed by atoms with Gasteiger partial charge < -0.3 is 9.47 Å². The topological polar surface area (TPSA) is 59.3 Å². The van der Waals surface area contributed by atoms with E-state index in [2.05, 4.69) is 6.07 Å². The van der Waals surface area contributed by atoms with Crippen molar-refractivity contribution in [3.63, 3.8) is 0 Å². The maximum atomic E-state index is 11.4. The van der Waals surface area contributed by atoms with Gasteiger partial charge in [-0.2, -0.15) is 5.26 Å². The van der Waals surface area contributed by atoms with Crippen LogP contribution in [0.5, 0.6) is 0 Å². The molecule has 106 valence electrons. The first-order chi connectivity index (χ1) is 9.72. The average Bonchev–Trinajstić information content (AvgIpc) is 2.53. The molecule has 1 aromatic rings. The number of carbonyl (C=O) groups is 1. The van der Waals surface area contributed by atoms with Crippen LogP contribution in [0.4, 0.5) is 0 Å². The van der Waals surface area contributed by atoms with Crippen LogP contribution < -0.4 is 0 Å². The molecule has 0 spiro atoms. The maximum absolute atomic E-state index is 11.4. The van der Waals surface area contributed by atoms with Crippen molar-refractivity contribution in [3.05, 3.63) is 35.4 Å². The molecule has 4 heteroatoms. The summed E-state index contributed by atoms with van der Waals surface area (Å²) in [5.41, 5.74) is 1.67. The van der Waals surface area contributed by atoms with Crippen LogP contribution in [0.15, 0.2) is 24.3 Å². The molecule has 0 unspecified atom stereocenters. The van der Waals surface area contributed by atoms with Crippen molar-refractivity contribution in [3.8, 4) is 6.07 Å². The van der Waals surface area contributed by atoms with Crippen molar-refractivity contribution in [2.45, 2.75) is 38.4 Å². The highest BCUT2D eigenvalue weighted by molar-refractivity contribution is 5.72. The fourth-order valence-electron chi connectivity index (χ4n) is 2.58. The third-order valence-corrected chi connectivity index (χ3v) is 3.75. The smallest absolute Gasteiger partial charge is 0.308 e. The first-order valence-electron chi connectivity index (χ1n) is 6.91. The first-order valence-corrected chi connectivity index (χ1v) is 6.91. The second-order valence-corrected chi connectivity index (χ2v) is 5.12. The number of rotatable bonds is 4. The van der Waals surface area contributed by atoms with Crippen LogP contribution >= 0.6 is 0 Å². The summed E-state index contributed by atoms with van der Waals surface area (Å²) in [6.45, 7) is 0.517. The zero-order valence-electron chi connectivity index (χ0n) is 11.7. The van der Waals surface area contributed by atoms with Gasteiger partial charge in [-0.3, -0.25) is 4.79 Å². The van der Waals surface area contributed by atoms with Gasteiger partial charge in [0.25, 0.3) is 0 Å². The largest absolute Gasteiger partial charge is 0.469 e. The predicted octanol–water partition coefficient (Wildman–Crippen LogP) is 2.81. The van der Waals surface area contributed by atoms with Gasteiger partial charge in [-0.25, -0.2) is 0 Å². The molecule has 0 N–H and O–H groups in total. The summed E-state index contributed by atoms with van der Waals surface area (Å²) in [6.07, 6.45) is 3.63. The minimum absolute atomic E-state index is 0.0294. The SMILES string of the molecule is COC(=O)C1CCC(OCc2cccc(C#N)c2)CC1. The Morgan fingerprint density at radius 3 is 2.75 bits per heavy atom. The Balaban J connectivity index is 1.79. The average molecular weight is 273 g/mol. The summed E-state index contributed by atoms with van der Waals surface area (Å²) in [4.78, 5) is 11.4. The van der Waals surface area contributed by atoms with E-state index in [1.807, 2.05) is 18.2 Å². The van der Waals surface area contributed by atoms with E-state index < -0.39 is 0 Å². The number of nitrogens with zero attached hydrogens (tertiary/aromatic N) is 1. The molecule has 0 heterocycles. The molecular formula is C16H19NO3. The molecule has 0 bridgehead atoms. The summed E-state index contributed by atoms with van der Waals surface area (Å²) in [7, 11) is 1.44. The van der Waals surface area contributed by atoms with E-state index in [9.17, 15) is 4.79 Å². The van der Waals surface area contributed by atoms with E-state index in [4.69, 9.17) is 14.7 Å². The molecule has 1 aliphatic rings. The number of hydrogen-bond donors (Lipinski definition) is 0. The molecule has 0 saturated heterocycles. The molecule has 1 aliphatic carbocycles. The molecule has 0 radical (unpaired) electrons. The third-order valence-electron chi connectivity index (χ3n) is 3.75. The Morgan fingerprint density at radius 1 is 1.35 bits per heavy atom. The van der Waals surface area contributed by atoms with Gasteiger partial charge in [-0.1, -0.05) is 12.1 Å². The van der Waals surface area contributed by atoms with Crippen molar-refractivity contribution in [2.24, 2.45) is 5.92 Å². The van der Waals surface area contributed by atoms with E-state index in [0.29, 0.717) is 12.2 Å². The normalized spacial score (nSPS) is 22.0. The van der Waals surface area contributed by atoms with E-state index in [-0.39, 0.29) is 18.0 Å². The zero-order valence-corrected chi connectivity index (χ0v) is 11.7. The minimum Gasteiger partial charge on any atom is -0.469 e. The van der Waals surface area contributed by atoms with Gasteiger partial charge in [0, 0.05) is 0 Å². The van der Waals surface area contributed by atoms with Crippen molar-refractivity contribution in [1.29, 1.82) is 5.26 Å². The van der Waals surface area contributed by atoms with Crippen LogP contribution in [0.1, 0.15) is 36.8 Å². The molecular weight excluding hydrogens is 254 g/mol. The van der Waals surface area contributed by atoms with E-state index >= 15 is 0 Å². The quantitative estimate of drug-likeness (QED) is 0.791. The van der Waals surface area contributed by atoms with Gasteiger partial charge in [0.2, 0.25) is 0 Å². The van der Waals surface area contributed by atoms with Crippen molar-refractivity contribution >= 4 is 5.97 Å². The van der Waals surface area contributed by atoms with Crippen molar-refractivity contribution in [1.82, 2.24) is 0 Å². The number of nitriles is 1. The highest BCUT2D eigenvalue weighted by Crippen LogP contribution is 2.27. The number of hydrogen-bond acceptors (Lipinski definition) is 4. The zero-order chi connectivity index (χ0) is 14.4. The highest BCUT2D eigenvalue weighted by atomic mass is 16.5. The Bertz CT molecular complexity index is 499. The second kappa shape index (κ2) is 7.06. The molecule has 0 aromatic heterocycles. The van der Waals surface area contributed by atoms with Crippen LogP contribution in [0.2, 0.25) is 0 Å². The Hall–Kier alpha value is -1.86. The van der Waals surface area contributed by atoms with Crippen LogP contribution in [-0.2, 0) is 20.9 Å². The standard InChI is InChI=1S/C16H19NO3/c1-19-16(18)14-5-7-15(8-6-14)20-11-13-4-2-3-12(9-13)10-17/h2-4,9,14-15H,5-8,11H2,1H3. The van der Waals surface area contributed by atoms with Gasteiger partial charge in [-0.15, -0.1) is 0 Å². The predicted molar refractivity (Wildman–Crippen MR) is 73.7 cm³/mol. The number of esters is 1. The Morgan fingerprint density at radius 2 is 2.10 bits per heavy atom. The highest BCUT2D eigenvalue weighted by Gasteiger charge is 2.27. The lowest BCUT2D eigenvalue weighted by atomic mass is 9.87. The number of carbonyl (C=O) groups excluding carboxylic acids is 1. The third kappa shape index (κ3) is 3.82. The van der Waals surface area contributed by atoms with Gasteiger partial charge in [0.1, 0.15) is 0 Å². The number of ether oxygens (including phenoxy) is 2. The van der Waals surface area contributed by atoms with Gasteiger partial charge in [-0.05, 0) is 43.4 Å². The fraction of sp³-hybridized carbons (Fsp3) is 0.500. The molecule has 1 saturated carbocycles. The Labute approximate surface area is 119 Å². The summed E-state index contributed by atoms with van der Waals surface area (Å²) < 4.78 is 10.6. The molecule has 1 fully saturated rings. The number of benzene rings is 1. The lowest BCUT2D eigenvalue weighted by Gasteiger charge is -2.27. The van der Waals surface area contributed by atoms with Crippen LogP contribution in [0.3, 0.4) is 0 Å². The first kappa shape index (κ1) is 14.5. The molecule has 20 heavy (non-hydrogen) atoms. The number of methoxy groups -OCH3 is 1.